The van der Waals surface area contributed by atoms with Gasteiger partial charge < -0.3 is 33.9 Å². The summed E-state index contributed by atoms with van der Waals surface area (Å²) >= 11 is 17.9. The first-order chi connectivity index (χ1) is 23.7. The zero-order chi connectivity index (χ0) is 34.1. The molecule has 4 heterocycles. The molecule has 2 aliphatic rings. The first-order valence-corrected chi connectivity index (χ1v) is 17.1. The standard InChI is InChI=1S/C36H34Cl2N6O4S/c1-3-44(36(49)40-25-5-8-28(37)29(38)19-25)26-6-11-34(39-20-26)48-27-7-9-30-24(17-27)18-31(41(30)2)35(45)43-14-12-42(13-15-43)21-23-4-10-32-33(16-23)47-22-46-32/h4-11,16-20H,3,12-15,21-22H2,1-2H3,(H,40,49). The van der Waals surface area contributed by atoms with Crippen LogP contribution in [0.15, 0.2) is 79.0 Å². The lowest BCUT2D eigenvalue weighted by atomic mass is 10.1. The van der Waals surface area contributed by atoms with E-state index < -0.39 is 0 Å². The third-order valence-corrected chi connectivity index (χ3v) is 9.78. The number of ether oxygens (including phenoxy) is 3. The van der Waals surface area contributed by atoms with Crippen LogP contribution < -0.4 is 24.4 Å². The second-order valence-corrected chi connectivity index (χ2v) is 13.0. The summed E-state index contributed by atoms with van der Waals surface area (Å²) in [5, 5.41) is 5.54. The minimum absolute atomic E-state index is 0.0215. The molecular weight excluding hydrogens is 683 g/mol. The number of rotatable bonds is 8. The van der Waals surface area contributed by atoms with Crippen LogP contribution in [0.5, 0.6) is 23.1 Å². The summed E-state index contributed by atoms with van der Waals surface area (Å²) in [4.78, 5) is 24.4. The molecule has 0 aliphatic carbocycles. The maximum Gasteiger partial charge on any atom is 0.270 e. The quantitative estimate of drug-likeness (QED) is 0.163. The minimum atomic E-state index is 0.0215. The van der Waals surface area contributed by atoms with Crippen molar-refractivity contribution in [1.82, 2.24) is 19.4 Å². The van der Waals surface area contributed by atoms with E-state index in [-0.39, 0.29) is 12.7 Å². The molecule has 1 N–H and O–H groups in total. The second-order valence-electron chi connectivity index (χ2n) is 11.8. The van der Waals surface area contributed by atoms with Crippen molar-refractivity contribution >= 4 is 68.7 Å². The molecule has 3 aromatic carbocycles. The van der Waals surface area contributed by atoms with E-state index in [9.17, 15) is 4.79 Å². The Labute approximate surface area is 299 Å². The lowest BCUT2D eigenvalue weighted by molar-refractivity contribution is 0.0619. The van der Waals surface area contributed by atoms with Gasteiger partial charge in [0.25, 0.3) is 5.91 Å². The SMILES string of the molecule is CCN(C(=S)Nc1ccc(Cl)c(Cl)c1)c1ccc(Oc2ccc3c(c2)cc(C(=O)N2CCN(Cc4ccc5c(c4)OCO5)CC2)n3C)nc1. The highest BCUT2D eigenvalue weighted by Crippen LogP contribution is 2.33. The van der Waals surface area contributed by atoms with Crippen LogP contribution in [0.2, 0.25) is 10.0 Å². The number of thiocarbonyl (C=S) groups is 1. The van der Waals surface area contributed by atoms with Crippen molar-refractivity contribution in [1.29, 1.82) is 0 Å². The maximum atomic E-state index is 13.6. The average Bonchev–Trinajstić information content (AvgIpc) is 3.71. The van der Waals surface area contributed by atoms with Crippen molar-refractivity contribution in [2.24, 2.45) is 7.05 Å². The van der Waals surface area contributed by atoms with Crippen molar-refractivity contribution < 1.29 is 19.0 Å². The molecule has 1 amide bonds. The van der Waals surface area contributed by atoms with Crippen molar-refractivity contribution in [2.75, 3.05) is 49.7 Å². The molecule has 0 spiro atoms. The number of halogens is 2. The number of hydrogen-bond acceptors (Lipinski definition) is 7. The van der Waals surface area contributed by atoms with Crippen LogP contribution in [-0.4, -0.2) is 69.9 Å². The number of anilines is 2. The normalized spacial score (nSPS) is 14.2. The fourth-order valence-electron chi connectivity index (χ4n) is 6.09. The summed E-state index contributed by atoms with van der Waals surface area (Å²) in [5.41, 5.74) is 4.31. The number of fused-ring (bicyclic) bond motifs is 2. The summed E-state index contributed by atoms with van der Waals surface area (Å²) in [7, 11) is 1.92. The van der Waals surface area contributed by atoms with Crippen molar-refractivity contribution in [3.8, 4) is 23.1 Å². The number of carbonyl (C=O) groups excluding carboxylic acids is 1. The van der Waals surface area contributed by atoms with Crippen LogP contribution >= 0.6 is 35.4 Å². The highest BCUT2D eigenvalue weighted by atomic mass is 35.5. The van der Waals surface area contributed by atoms with E-state index in [4.69, 9.17) is 49.6 Å². The molecule has 5 aromatic rings. The Kier molecular flexibility index (Phi) is 9.50. The summed E-state index contributed by atoms with van der Waals surface area (Å²) in [6.07, 6.45) is 1.72. The Hall–Kier alpha value is -4.55. The molecule has 252 valence electrons. The second kappa shape index (κ2) is 14.1. The van der Waals surface area contributed by atoms with E-state index in [1.54, 1.807) is 24.4 Å². The van der Waals surface area contributed by atoms with Crippen LogP contribution in [0, 0.1) is 0 Å². The Balaban J connectivity index is 0.970. The molecule has 0 bridgehead atoms. The van der Waals surface area contributed by atoms with E-state index in [0.29, 0.717) is 52.1 Å². The molecule has 1 saturated heterocycles. The Morgan fingerprint density at radius 2 is 1.78 bits per heavy atom. The first kappa shape index (κ1) is 33.0. The largest absolute Gasteiger partial charge is 0.454 e. The molecule has 10 nitrogen and oxygen atoms in total. The van der Waals surface area contributed by atoms with E-state index in [0.717, 1.165) is 53.4 Å². The van der Waals surface area contributed by atoms with Gasteiger partial charge in [-0.3, -0.25) is 9.69 Å². The van der Waals surface area contributed by atoms with Crippen molar-refractivity contribution in [3.63, 3.8) is 0 Å². The monoisotopic (exact) mass is 716 g/mol. The Bertz CT molecular complexity index is 2030. The zero-order valence-corrected chi connectivity index (χ0v) is 29.3. The van der Waals surface area contributed by atoms with Gasteiger partial charge in [0.1, 0.15) is 11.4 Å². The number of benzene rings is 3. The molecular formula is C36H34Cl2N6O4S. The summed E-state index contributed by atoms with van der Waals surface area (Å²) in [6, 6.07) is 22.7. The number of aromatic nitrogens is 2. The number of nitrogens with zero attached hydrogens (tertiary/aromatic N) is 5. The fraction of sp³-hybridized carbons (Fsp3) is 0.250. The number of amides is 1. The molecule has 2 aromatic heterocycles. The van der Waals surface area contributed by atoms with Gasteiger partial charge in [-0.1, -0.05) is 29.3 Å². The minimum Gasteiger partial charge on any atom is -0.454 e. The Morgan fingerprint density at radius 3 is 2.53 bits per heavy atom. The average molecular weight is 718 g/mol. The number of hydrogen-bond donors (Lipinski definition) is 1. The van der Waals surface area contributed by atoms with Gasteiger partial charge in [-0.25, -0.2) is 4.98 Å². The molecule has 0 radical (unpaired) electrons. The number of piperazine rings is 1. The van der Waals surface area contributed by atoms with Gasteiger partial charge in [0.15, 0.2) is 16.6 Å². The third-order valence-electron chi connectivity index (χ3n) is 8.72. The van der Waals surface area contributed by atoms with Gasteiger partial charge in [0.2, 0.25) is 12.7 Å². The van der Waals surface area contributed by atoms with Crippen molar-refractivity contribution in [3.05, 3.63) is 100 Å². The van der Waals surface area contributed by atoms with E-state index in [2.05, 4.69) is 21.3 Å². The number of pyridine rings is 1. The zero-order valence-electron chi connectivity index (χ0n) is 27.0. The number of nitrogens with one attached hydrogen (secondary N) is 1. The first-order valence-electron chi connectivity index (χ1n) is 15.9. The Morgan fingerprint density at radius 1 is 0.959 bits per heavy atom. The van der Waals surface area contributed by atoms with Crippen LogP contribution in [-0.2, 0) is 13.6 Å². The lowest BCUT2D eigenvalue weighted by Crippen LogP contribution is -2.48. The van der Waals surface area contributed by atoms with Crippen LogP contribution in [0.25, 0.3) is 10.9 Å². The van der Waals surface area contributed by atoms with Gasteiger partial charge in [-0.15, -0.1) is 0 Å². The molecule has 49 heavy (non-hydrogen) atoms. The topological polar surface area (TPSA) is 84.3 Å². The van der Waals surface area contributed by atoms with Crippen molar-refractivity contribution in [2.45, 2.75) is 13.5 Å². The molecule has 0 atom stereocenters. The molecule has 2 aliphatic heterocycles. The highest BCUT2D eigenvalue weighted by Gasteiger charge is 2.25. The summed E-state index contributed by atoms with van der Waals surface area (Å²) in [6.45, 7) is 6.60. The molecule has 1 fully saturated rings. The predicted octanol–water partition coefficient (Wildman–Crippen LogP) is 7.58. The van der Waals surface area contributed by atoms with Gasteiger partial charge in [-0.2, -0.15) is 0 Å². The highest BCUT2D eigenvalue weighted by molar-refractivity contribution is 7.80. The predicted molar refractivity (Wildman–Crippen MR) is 197 cm³/mol. The number of aryl methyl sites for hydroxylation is 1. The van der Waals surface area contributed by atoms with Crippen LogP contribution in [0.3, 0.4) is 0 Å². The van der Waals surface area contributed by atoms with E-state index in [1.807, 2.05) is 76.9 Å². The fourth-order valence-corrected chi connectivity index (χ4v) is 6.74. The maximum absolute atomic E-state index is 13.6. The van der Waals surface area contributed by atoms with Gasteiger partial charge in [0, 0.05) is 69.0 Å². The summed E-state index contributed by atoms with van der Waals surface area (Å²) in [5.74, 6) is 2.66. The third kappa shape index (κ3) is 7.11. The lowest BCUT2D eigenvalue weighted by Gasteiger charge is -2.34. The molecule has 0 saturated carbocycles. The van der Waals surface area contributed by atoms with E-state index in [1.165, 1.54) is 5.56 Å². The smallest absolute Gasteiger partial charge is 0.270 e. The molecule has 0 unspecified atom stereocenters. The number of carbonyl (C=O) groups is 1. The van der Waals surface area contributed by atoms with Gasteiger partial charge in [0.05, 0.1) is 21.9 Å². The molecule has 7 rings (SSSR count). The van der Waals surface area contributed by atoms with E-state index >= 15 is 0 Å². The van der Waals surface area contributed by atoms with Gasteiger partial charge >= 0.3 is 0 Å². The molecule has 13 heteroatoms. The summed E-state index contributed by atoms with van der Waals surface area (Å²) < 4.78 is 19.0. The van der Waals surface area contributed by atoms with Crippen LogP contribution in [0.4, 0.5) is 11.4 Å². The van der Waals surface area contributed by atoms with Gasteiger partial charge in [-0.05, 0) is 85.4 Å². The van der Waals surface area contributed by atoms with Crippen LogP contribution in [0.1, 0.15) is 23.0 Å².